The van der Waals surface area contributed by atoms with Crippen LogP contribution in [0, 0.1) is 32.1 Å². The Hall–Kier alpha value is -6.92. The largest absolute Gasteiger partial charge is 0.490 e. The summed E-state index contributed by atoms with van der Waals surface area (Å²) in [6.45, 7) is 14.9. The first-order chi connectivity index (χ1) is 39.7. The van der Waals surface area contributed by atoms with Crippen LogP contribution in [0.1, 0.15) is 92.9 Å². The van der Waals surface area contributed by atoms with Crippen molar-refractivity contribution in [3.05, 3.63) is 166 Å². The van der Waals surface area contributed by atoms with Gasteiger partial charge >= 0.3 is 11.4 Å². The molecule has 0 aliphatic carbocycles. The third-order valence-corrected chi connectivity index (χ3v) is 15.0. The van der Waals surface area contributed by atoms with Crippen molar-refractivity contribution in [1.82, 2.24) is 0 Å². The van der Waals surface area contributed by atoms with Crippen LogP contribution in [0.4, 0.5) is 11.4 Å². The van der Waals surface area contributed by atoms with E-state index in [9.17, 15) is 20.2 Å². The second kappa shape index (κ2) is 29.9. The summed E-state index contributed by atoms with van der Waals surface area (Å²) in [6, 6.07) is 45.2. The molecule has 82 heavy (non-hydrogen) atoms. The Kier molecular flexibility index (Phi) is 22.3. The monoisotopic (exact) mass is 1120 g/mol. The standard InChI is InChI=1S/C66H80N2O14/c1-7-47-41-79-65(3,4)81-63(47)45-75-53(43-77-59-31-17-15-29-55(59)49-23-11-9-12-24-49)27-19-21-37-73-61-35-33-51(39-57(61)67(69)70)52-34-36-62(58(40-52)68(71)72)74-38-22-20-28-54(76-46-64-48(8-2)42-80-66(5,6)82-64)44-78-60-32-18-16-30-56(60)50-25-13-10-14-26-50/h9-18,23-26,29-36,39-40,47-48,53-54,63-64H,7-8,19-22,27-28,37-38,41-46H2,1-6H3. The number of benzene rings is 6. The van der Waals surface area contributed by atoms with Crippen molar-refractivity contribution >= 4 is 11.4 Å². The third kappa shape index (κ3) is 17.6. The van der Waals surface area contributed by atoms with E-state index in [1.807, 2.05) is 113 Å². The first kappa shape index (κ1) is 61.2. The summed E-state index contributed by atoms with van der Waals surface area (Å²) in [4.78, 5) is 23.9. The highest BCUT2D eigenvalue weighted by Crippen LogP contribution is 2.38. The van der Waals surface area contributed by atoms with Crippen molar-refractivity contribution in [2.45, 2.75) is 129 Å². The van der Waals surface area contributed by atoms with Crippen molar-refractivity contribution in [2.75, 3.05) is 52.9 Å². The van der Waals surface area contributed by atoms with E-state index in [0.717, 1.165) is 46.6 Å². The van der Waals surface area contributed by atoms with Gasteiger partial charge in [-0.25, -0.2) is 0 Å². The second-order valence-corrected chi connectivity index (χ2v) is 21.9. The molecule has 2 heterocycles. The van der Waals surface area contributed by atoms with Crippen LogP contribution in [0.2, 0.25) is 0 Å². The van der Waals surface area contributed by atoms with Crippen LogP contribution in [-0.4, -0.2) is 98.7 Å². The highest BCUT2D eigenvalue weighted by atomic mass is 16.7. The van der Waals surface area contributed by atoms with Crippen molar-refractivity contribution < 1.29 is 57.2 Å². The summed E-state index contributed by atoms with van der Waals surface area (Å²) in [5.41, 5.74) is 4.41. The number of nitro groups is 2. The minimum absolute atomic E-state index is 0.101. The molecule has 2 aliphatic rings. The fourth-order valence-electron chi connectivity index (χ4n) is 10.3. The Morgan fingerprint density at radius 1 is 0.488 bits per heavy atom. The van der Waals surface area contributed by atoms with E-state index in [2.05, 4.69) is 38.1 Å². The summed E-state index contributed by atoms with van der Waals surface area (Å²) in [6.07, 6.45) is 4.75. The summed E-state index contributed by atoms with van der Waals surface area (Å²) in [7, 11) is 0. The van der Waals surface area contributed by atoms with E-state index in [1.165, 1.54) is 24.3 Å². The maximum atomic E-state index is 12.5. The lowest BCUT2D eigenvalue weighted by atomic mass is 9.99. The van der Waals surface area contributed by atoms with Crippen LogP contribution >= 0.6 is 0 Å². The number of para-hydroxylation sites is 2. The Labute approximate surface area is 482 Å². The number of unbranched alkanes of at least 4 members (excludes halogenated alkanes) is 2. The molecule has 0 aromatic heterocycles. The van der Waals surface area contributed by atoms with Crippen LogP contribution in [0.3, 0.4) is 0 Å². The van der Waals surface area contributed by atoms with Gasteiger partial charge in [0.1, 0.15) is 24.7 Å². The number of ether oxygens (including phenoxy) is 10. The van der Waals surface area contributed by atoms with Crippen molar-refractivity contribution in [3.8, 4) is 56.4 Å². The molecule has 6 atom stereocenters. The number of rotatable bonds is 31. The van der Waals surface area contributed by atoms with Gasteiger partial charge in [-0.2, -0.15) is 0 Å². The van der Waals surface area contributed by atoms with E-state index in [1.54, 1.807) is 12.1 Å². The van der Waals surface area contributed by atoms with E-state index in [0.29, 0.717) is 89.3 Å². The molecule has 8 rings (SSSR count). The second-order valence-electron chi connectivity index (χ2n) is 21.9. The highest BCUT2D eigenvalue weighted by molar-refractivity contribution is 5.73. The molecular formula is C66H80N2O14. The molecule has 0 bridgehead atoms. The Morgan fingerprint density at radius 3 is 1.27 bits per heavy atom. The summed E-state index contributed by atoms with van der Waals surface area (Å²) >= 11 is 0. The third-order valence-electron chi connectivity index (χ3n) is 15.0. The molecule has 0 amide bonds. The molecule has 0 saturated carbocycles. The van der Waals surface area contributed by atoms with Gasteiger partial charge in [0.2, 0.25) is 0 Å². The minimum Gasteiger partial charge on any atom is -0.490 e. The van der Waals surface area contributed by atoms with Crippen LogP contribution < -0.4 is 18.9 Å². The molecular weight excluding hydrogens is 1040 g/mol. The zero-order valence-electron chi connectivity index (χ0n) is 48.2. The lowest BCUT2D eigenvalue weighted by Gasteiger charge is -2.41. The smallest absolute Gasteiger partial charge is 0.311 e. The van der Waals surface area contributed by atoms with Gasteiger partial charge in [-0.15, -0.1) is 0 Å². The normalized spacial score (nSPS) is 19.1. The Morgan fingerprint density at radius 2 is 0.878 bits per heavy atom. The van der Waals surface area contributed by atoms with Gasteiger partial charge in [-0.3, -0.25) is 20.2 Å². The number of hydrogen-bond acceptors (Lipinski definition) is 14. The number of nitro benzene ring substituents is 2. The Bertz CT molecular complexity index is 2760. The Balaban J connectivity index is 0.856. The maximum absolute atomic E-state index is 12.5. The van der Waals surface area contributed by atoms with E-state index < -0.39 is 21.4 Å². The van der Waals surface area contributed by atoms with Crippen LogP contribution in [0.25, 0.3) is 33.4 Å². The average molecular weight is 1130 g/mol. The number of hydrogen-bond donors (Lipinski definition) is 0. The average Bonchev–Trinajstić information content (AvgIpc) is 3.59. The summed E-state index contributed by atoms with van der Waals surface area (Å²) in [5.74, 6) is 0.662. The lowest BCUT2D eigenvalue weighted by Crippen LogP contribution is -2.48. The van der Waals surface area contributed by atoms with E-state index in [4.69, 9.17) is 47.4 Å². The van der Waals surface area contributed by atoms with Gasteiger partial charge in [-0.1, -0.05) is 123 Å². The molecule has 16 heteroatoms. The van der Waals surface area contributed by atoms with Gasteiger partial charge in [0.25, 0.3) is 0 Å². The first-order valence-corrected chi connectivity index (χ1v) is 28.9. The molecule has 438 valence electrons. The topological polar surface area (TPSA) is 179 Å². The molecule has 2 aliphatic heterocycles. The van der Waals surface area contributed by atoms with Gasteiger partial charge < -0.3 is 47.4 Å². The predicted molar refractivity (Wildman–Crippen MR) is 315 cm³/mol. The SMILES string of the molecule is CCC1COC(C)(C)OC1COC(CCCCOc1ccc(-c2ccc(OCCCCC(COc3ccccc3-c3ccccc3)OCC3OC(C)(C)OCC3CC)c([N+](=O)[O-])c2)cc1[N+](=O)[O-])COc1ccccc1-c1ccccc1. The molecule has 6 aromatic rings. The van der Waals surface area contributed by atoms with Gasteiger partial charge in [0.05, 0.1) is 73.9 Å². The van der Waals surface area contributed by atoms with Gasteiger partial charge in [-0.05, 0) is 126 Å². The van der Waals surface area contributed by atoms with Gasteiger partial charge in [0, 0.05) is 35.1 Å². The maximum Gasteiger partial charge on any atom is 0.311 e. The van der Waals surface area contributed by atoms with Crippen LogP contribution in [0.5, 0.6) is 23.0 Å². The predicted octanol–water partition coefficient (Wildman–Crippen LogP) is 14.9. The van der Waals surface area contributed by atoms with Crippen LogP contribution in [-0.2, 0) is 28.4 Å². The fourth-order valence-corrected chi connectivity index (χ4v) is 10.3. The zero-order valence-corrected chi connectivity index (χ0v) is 48.2. The van der Waals surface area contributed by atoms with Gasteiger partial charge in [0.15, 0.2) is 23.1 Å². The number of nitrogens with zero attached hydrogens (tertiary/aromatic N) is 2. The molecule has 0 radical (unpaired) electrons. The highest BCUT2D eigenvalue weighted by Gasteiger charge is 2.38. The van der Waals surface area contributed by atoms with Crippen molar-refractivity contribution in [1.29, 1.82) is 0 Å². The molecule has 6 unspecified atom stereocenters. The molecule has 2 fully saturated rings. The molecule has 0 spiro atoms. The quantitative estimate of drug-likeness (QED) is 0.0228. The zero-order chi connectivity index (χ0) is 57.9. The molecule has 2 saturated heterocycles. The minimum atomic E-state index is -0.714. The van der Waals surface area contributed by atoms with Crippen molar-refractivity contribution in [2.24, 2.45) is 11.8 Å². The summed E-state index contributed by atoms with van der Waals surface area (Å²) in [5, 5.41) is 24.9. The summed E-state index contributed by atoms with van der Waals surface area (Å²) < 4.78 is 62.7. The molecule has 0 N–H and O–H groups in total. The van der Waals surface area contributed by atoms with E-state index in [-0.39, 0.29) is 72.3 Å². The molecule has 16 nitrogen and oxygen atoms in total. The fraction of sp³-hybridized carbons (Fsp3) is 0.455. The first-order valence-electron chi connectivity index (χ1n) is 28.9. The lowest BCUT2D eigenvalue weighted by molar-refractivity contribution is -0.386. The molecule has 6 aromatic carbocycles. The van der Waals surface area contributed by atoms with Crippen LogP contribution in [0.15, 0.2) is 146 Å². The van der Waals surface area contributed by atoms with Crippen molar-refractivity contribution in [3.63, 3.8) is 0 Å². The van der Waals surface area contributed by atoms with E-state index >= 15 is 0 Å².